The van der Waals surface area contributed by atoms with E-state index in [1.165, 1.54) is 5.56 Å². The number of aliphatic hydroxyl groups excluding tert-OH is 1. The van der Waals surface area contributed by atoms with E-state index in [0.29, 0.717) is 19.2 Å². The number of benzene rings is 1. The Hall–Kier alpha value is -1.32. The Kier molecular flexibility index (Phi) is 4.39. The SMILES string of the molecule is CC(C)[NH2+]CC(O)COc1cccc2c1C=CC2. The molecule has 0 aliphatic heterocycles. The van der Waals surface area contributed by atoms with Crippen LogP contribution in [-0.2, 0) is 6.42 Å². The maximum absolute atomic E-state index is 9.83. The van der Waals surface area contributed by atoms with Crippen LogP contribution in [0.4, 0.5) is 0 Å². The van der Waals surface area contributed by atoms with Gasteiger partial charge in [0.2, 0.25) is 0 Å². The third-order valence-corrected chi connectivity index (χ3v) is 3.09. The predicted octanol–water partition coefficient (Wildman–Crippen LogP) is 0.967. The normalized spacial score (nSPS) is 14.9. The van der Waals surface area contributed by atoms with Crippen LogP contribution in [0.3, 0.4) is 0 Å². The lowest BCUT2D eigenvalue weighted by Crippen LogP contribution is -2.90. The Morgan fingerprint density at radius 1 is 1.39 bits per heavy atom. The lowest BCUT2D eigenvalue weighted by Gasteiger charge is -2.14. The maximum Gasteiger partial charge on any atom is 0.137 e. The van der Waals surface area contributed by atoms with E-state index < -0.39 is 6.10 Å². The molecule has 3 heteroatoms. The van der Waals surface area contributed by atoms with E-state index in [1.54, 1.807) is 0 Å². The molecule has 2 rings (SSSR count). The summed E-state index contributed by atoms with van der Waals surface area (Å²) in [6.07, 6.45) is 4.79. The van der Waals surface area contributed by atoms with E-state index in [4.69, 9.17) is 4.74 Å². The van der Waals surface area contributed by atoms with Crippen molar-refractivity contribution in [3.05, 3.63) is 35.4 Å². The molecule has 1 atom stereocenters. The second-order valence-corrected chi connectivity index (χ2v) is 5.12. The fourth-order valence-corrected chi connectivity index (χ4v) is 2.07. The van der Waals surface area contributed by atoms with Crippen molar-refractivity contribution in [1.82, 2.24) is 0 Å². The molecular formula is C15H22NO2+. The van der Waals surface area contributed by atoms with Crippen molar-refractivity contribution in [2.75, 3.05) is 13.2 Å². The second-order valence-electron chi connectivity index (χ2n) is 5.12. The number of allylic oxidation sites excluding steroid dienone is 1. The van der Waals surface area contributed by atoms with Gasteiger partial charge in [0, 0.05) is 5.56 Å². The summed E-state index contributed by atoms with van der Waals surface area (Å²) in [4.78, 5) is 0. The Labute approximate surface area is 108 Å². The highest BCUT2D eigenvalue weighted by Crippen LogP contribution is 2.28. The Bertz CT molecular complexity index is 427. The molecule has 0 saturated heterocycles. The molecule has 0 radical (unpaired) electrons. The van der Waals surface area contributed by atoms with Gasteiger partial charge >= 0.3 is 0 Å². The minimum Gasteiger partial charge on any atom is -0.490 e. The Morgan fingerprint density at radius 3 is 3.00 bits per heavy atom. The molecule has 18 heavy (non-hydrogen) atoms. The smallest absolute Gasteiger partial charge is 0.137 e. The second kappa shape index (κ2) is 6.03. The van der Waals surface area contributed by atoms with Crippen molar-refractivity contribution in [1.29, 1.82) is 0 Å². The number of aliphatic hydroxyl groups is 1. The first-order valence-electron chi connectivity index (χ1n) is 6.59. The average molecular weight is 248 g/mol. The molecule has 0 saturated carbocycles. The molecule has 1 aromatic rings. The van der Waals surface area contributed by atoms with Crippen molar-refractivity contribution in [2.24, 2.45) is 0 Å². The van der Waals surface area contributed by atoms with Crippen LogP contribution < -0.4 is 10.1 Å². The number of hydrogen-bond acceptors (Lipinski definition) is 2. The highest BCUT2D eigenvalue weighted by molar-refractivity contribution is 5.65. The summed E-state index contributed by atoms with van der Waals surface area (Å²) in [5.41, 5.74) is 2.47. The molecule has 0 heterocycles. The van der Waals surface area contributed by atoms with Gasteiger partial charge in [0.1, 0.15) is 25.0 Å². The number of ether oxygens (including phenoxy) is 1. The van der Waals surface area contributed by atoms with Crippen molar-refractivity contribution >= 4 is 6.08 Å². The van der Waals surface area contributed by atoms with Gasteiger partial charge in [0.05, 0.1) is 6.04 Å². The van der Waals surface area contributed by atoms with Crippen LogP contribution in [0.2, 0.25) is 0 Å². The zero-order chi connectivity index (χ0) is 13.0. The number of rotatable bonds is 6. The third kappa shape index (κ3) is 3.34. The predicted molar refractivity (Wildman–Crippen MR) is 72.6 cm³/mol. The molecule has 0 spiro atoms. The van der Waals surface area contributed by atoms with E-state index in [1.807, 2.05) is 12.1 Å². The summed E-state index contributed by atoms with van der Waals surface area (Å²) in [5.74, 6) is 0.879. The molecule has 1 aliphatic carbocycles. The molecule has 0 aromatic heterocycles. The van der Waals surface area contributed by atoms with Crippen LogP contribution in [0.1, 0.15) is 25.0 Å². The van der Waals surface area contributed by atoms with Crippen molar-refractivity contribution < 1.29 is 15.2 Å². The van der Waals surface area contributed by atoms with Crippen molar-refractivity contribution in [3.8, 4) is 5.75 Å². The van der Waals surface area contributed by atoms with E-state index >= 15 is 0 Å². The van der Waals surface area contributed by atoms with Crippen LogP contribution >= 0.6 is 0 Å². The van der Waals surface area contributed by atoms with Crippen LogP contribution in [0.25, 0.3) is 6.08 Å². The van der Waals surface area contributed by atoms with Gasteiger partial charge in [0.15, 0.2) is 0 Å². The monoisotopic (exact) mass is 248 g/mol. The summed E-state index contributed by atoms with van der Waals surface area (Å²) in [7, 11) is 0. The van der Waals surface area contributed by atoms with E-state index in [9.17, 15) is 5.11 Å². The van der Waals surface area contributed by atoms with Crippen molar-refractivity contribution in [2.45, 2.75) is 32.4 Å². The van der Waals surface area contributed by atoms with Gasteiger partial charge in [-0.05, 0) is 31.9 Å². The Balaban J connectivity index is 1.87. The first kappa shape index (κ1) is 13.1. The summed E-state index contributed by atoms with van der Waals surface area (Å²) >= 11 is 0. The van der Waals surface area contributed by atoms with Crippen LogP contribution in [0.5, 0.6) is 5.75 Å². The average Bonchev–Trinajstić information content (AvgIpc) is 2.82. The number of quaternary nitrogens is 1. The fraction of sp³-hybridized carbons (Fsp3) is 0.467. The first-order chi connectivity index (χ1) is 8.66. The molecule has 3 N–H and O–H groups in total. The molecule has 1 aliphatic rings. The molecule has 1 unspecified atom stereocenters. The van der Waals surface area contributed by atoms with Crippen LogP contribution in [0.15, 0.2) is 24.3 Å². The number of nitrogens with two attached hydrogens (primary N) is 1. The summed E-state index contributed by atoms with van der Waals surface area (Å²) in [6, 6.07) is 6.59. The molecule has 0 amide bonds. The standard InChI is InChI=1S/C15H21NO2/c1-11(2)16-9-13(17)10-18-15-8-4-6-12-5-3-7-14(12)15/h3-4,6-8,11,13,16-17H,5,9-10H2,1-2H3/p+1. The van der Waals surface area contributed by atoms with Gasteiger partial charge in [-0.1, -0.05) is 24.3 Å². The van der Waals surface area contributed by atoms with Gasteiger partial charge in [-0.15, -0.1) is 0 Å². The highest BCUT2D eigenvalue weighted by atomic mass is 16.5. The molecular weight excluding hydrogens is 226 g/mol. The quantitative estimate of drug-likeness (QED) is 0.788. The first-order valence-corrected chi connectivity index (χ1v) is 6.59. The van der Waals surface area contributed by atoms with Gasteiger partial charge in [-0.3, -0.25) is 0 Å². The van der Waals surface area contributed by atoms with Crippen LogP contribution in [0, 0.1) is 0 Å². The van der Waals surface area contributed by atoms with Crippen LogP contribution in [-0.4, -0.2) is 30.4 Å². The molecule has 1 aromatic carbocycles. The molecule has 0 fully saturated rings. The van der Waals surface area contributed by atoms with E-state index in [2.05, 4.69) is 37.4 Å². The number of fused-ring (bicyclic) bond motifs is 1. The number of hydrogen-bond donors (Lipinski definition) is 2. The Morgan fingerprint density at radius 2 is 2.22 bits per heavy atom. The topological polar surface area (TPSA) is 46.1 Å². The zero-order valence-corrected chi connectivity index (χ0v) is 11.1. The lowest BCUT2D eigenvalue weighted by atomic mass is 10.1. The maximum atomic E-state index is 9.83. The highest BCUT2D eigenvalue weighted by Gasteiger charge is 2.13. The minimum atomic E-state index is -0.423. The van der Waals surface area contributed by atoms with Gasteiger partial charge in [-0.25, -0.2) is 0 Å². The van der Waals surface area contributed by atoms with Gasteiger partial charge < -0.3 is 15.2 Å². The van der Waals surface area contributed by atoms with E-state index in [0.717, 1.165) is 17.7 Å². The summed E-state index contributed by atoms with van der Waals surface area (Å²) in [5, 5.41) is 11.9. The summed E-state index contributed by atoms with van der Waals surface area (Å²) in [6.45, 7) is 5.26. The van der Waals surface area contributed by atoms with Gasteiger partial charge in [-0.2, -0.15) is 0 Å². The third-order valence-electron chi connectivity index (χ3n) is 3.09. The van der Waals surface area contributed by atoms with E-state index in [-0.39, 0.29) is 0 Å². The lowest BCUT2D eigenvalue weighted by molar-refractivity contribution is -0.688. The van der Waals surface area contributed by atoms with Gasteiger partial charge in [0.25, 0.3) is 0 Å². The molecule has 98 valence electrons. The summed E-state index contributed by atoms with van der Waals surface area (Å²) < 4.78 is 5.72. The zero-order valence-electron chi connectivity index (χ0n) is 11.1. The molecule has 0 bridgehead atoms. The largest absolute Gasteiger partial charge is 0.490 e. The fourth-order valence-electron chi connectivity index (χ4n) is 2.07. The minimum absolute atomic E-state index is 0.355. The molecule has 3 nitrogen and oxygen atoms in total. The van der Waals surface area contributed by atoms with Crippen molar-refractivity contribution in [3.63, 3.8) is 0 Å².